The van der Waals surface area contributed by atoms with Gasteiger partial charge in [-0.25, -0.2) is 4.98 Å². The third-order valence-electron chi connectivity index (χ3n) is 5.61. The van der Waals surface area contributed by atoms with Gasteiger partial charge in [0.05, 0.1) is 12.2 Å². The Hall–Kier alpha value is -0.750. The monoisotopic (exact) mass is 563 g/mol. The molecule has 3 atom stereocenters. The van der Waals surface area contributed by atoms with Crippen molar-refractivity contribution in [3.05, 3.63) is 38.5 Å². The Balaban J connectivity index is 0.00000320. The van der Waals surface area contributed by atoms with E-state index >= 15 is 0 Å². The normalized spacial score (nSPS) is 21.2. The van der Waals surface area contributed by atoms with Crippen LogP contribution in [0.2, 0.25) is 0 Å². The molecule has 2 aromatic rings. The predicted octanol–water partition coefficient (Wildman–Crippen LogP) is 4.62. The molecule has 0 aliphatic carbocycles. The van der Waals surface area contributed by atoms with Crippen molar-refractivity contribution in [2.24, 2.45) is 10.9 Å². The minimum atomic E-state index is 0. The molecular formula is C21H34IN5OS2. The maximum atomic E-state index is 5.37. The molecule has 1 fully saturated rings. The van der Waals surface area contributed by atoms with E-state index < -0.39 is 0 Å². The van der Waals surface area contributed by atoms with Crippen molar-refractivity contribution in [1.82, 2.24) is 20.1 Å². The highest BCUT2D eigenvalue weighted by Crippen LogP contribution is 2.36. The van der Waals surface area contributed by atoms with Crippen LogP contribution in [-0.2, 0) is 11.3 Å². The summed E-state index contributed by atoms with van der Waals surface area (Å²) < 4.78 is 5.37. The zero-order valence-corrected chi connectivity index (χ0v) is 22.5. The van der Waals surface area contributed by atoms with E-state index in [0.29, 0.717) is 12.0 Å². The van der Waals surface area contributed by atoms with E-state index in [0.717, 1.165) is 29.8 Å². The van der Waals surface area contributed by atoms with Crippen molar-refractivity contribution in [1.29, 1.82) is 0 Å². The van der Waals surface area contributed by atoms with Gasteiger partial charge >= 0.3 is 0 Å². The number of thiophene rings is 1. The number of nitrogens with zero attached hydrogens (tertiary/aromatic N) is 4. The lowest BCUT2D eigenvalue weighted by Crippen LogP contribution is -2.45. The summed E-state index contributed by atoms with van der Waals surface area (Å²) >= 11 is 3.52. The Bertz CT molecular complexity index is 782. The number of nitrogens with one attached hydrogen (secondary N) is 1. The van der Waals surface area contributed by atoms with Gasteiger partial charge in [-0.3, -0.25) is 9.89 Å². The lowest BCUT2D eigenvalue weighted by atomic mass is 9.88. The van der Waals surface area contributed by atoms with Crippen molar-refractivity contribution in [3.8, 4) is 0 Å². The van der Waals surface area contributed by atoms with Crippen LogP contribution in [0.4, 0.5) is 0 Å². The Labute approximate surface area is 205 Å². The molecule has 3 rings (SSSR count). The highest BCUT2D eigenvalue weighted by molar-refractivity contribution is 14.0. The summed E-state index contributed by atoms with van der Waals surface area (Å²) in [6.07, 6.45) is 2.53. The van der Waals surface area contributed by atoms with Crippen LogP contribution in [0.1, 0.15) is 47.5 Å². The molecule has 9 heteroatoms. The smallest absolute Gasteiger partial charge is 0.193 e. The second kappa shape index (κ2) is 12.3. The number of guanidine groups is 1. The lowest BCUT2D eigenvalue weighted by Gasteiger charge is -2.39. The zero-order chi connectivity index (χ0) is 20.8. The first-order valence-corrected chi connectivity index (χ1v) is 11.9. The third-order valence-corrected chi connectivity index (χ3v) is 7.61. The summed E-state index contributed by atoms with van der Waals surface area (Å²) in [7, 11) is 7.88. The van der Waals surface area contributed by atoms with Gasteiger partial charge in [0, 0.05) is 44.0 Å². The fourth-order valence-corrected chi connectivity index (χ4v) is 5.82. The molecule has 0 saturated carbocycles. The number of halogens is 1. The maximum absolute atomic E-state index is 5.37. The van der Waals surface area contributed by atoms with Gasteiger partial charge in [-0.2, -0.15) is 0 Å². The fraction of sp³-hybridized carbons (Fsp3) is 0.619. The number of methoxy groups -OCH3 is 1. The van der Waals surface area contributed by atoms with Crippen molar-refractivity contribution in [2.45, 2.75) is 38.5 Å². The third kappa shape index (κ3) is 6.38. The van der Waals surface area contributed by atoms with Crippen molar-refractivity contribution in [2.75, 3.05) is 41.3 Å². The second-order valence-corrected chi connectivity index (χ2v) is 9.55. The number of ether oxygens (including phenoxy) is 1. The molecule has 0 bridgehead atoms. The van der Waals surface area contributed by atoms with Crippen LogP contribution in [0.3, 0.4) is 0 Å². The van der Waals surface area contributed by atoms with Crippen molar-refractivity contribution in [3.63, 3.8) is 0 Å². The van der Waals surface area contributed by atoms with Gasteiger partial charge in [-0.05, 0) is 50.7 Å². The molecule has 0 spiro atoms. The average Bonchev–Trinajstić information content (AvgIpc) is 3.40. The molecule has 1 N–H and O–H groups in total. The molecule has 0 amide bonds. The number of piperidine rings is 1. The molecule has 1 aliphatic heterocycles. The van der Waals surface area contributed by atoms with Gasteiger partial charge < -0.3 is 15.0 Å². The first-order valence-electron chi connectivity index (χ1n) is 10.2. The van der Waals surface area contributed by atoms with Gasteiger partial charge in [-0.1, -0.05) is 6.07 Å². The van der Waals surface area contributed by atoms with Crippen LogP contribution in [0.5, 0.6) is 0 Å². The molecule has 30 heavy (non-hydrogen) atoms. The fourth-order valence-electron chi connectivity index (χ4n) is 3.99. The zero-order valence-electron chi connectivity index (χ0n) is 18.5. The summed E-state index contributed by atoms with van der Waals surface area (Å²) in [4.78, 5) is 15.3. The molecule has 1 saturated heterocycles. The summed E-state index contributed by atoms with van der Waals surface area (Å²) in [5.41, 5.74) is 1.05. The van der Waals surface area contributed by atoms with Gasteiger partial charge in [-0.15, -0.1) is 46.7 Å². The Morgan fingerprint density at radius 2 is 2.27 bits per heavy atom. The van der Waals surface area contributed by atoms with E-state index in [1.54, 1.807) is 18.4 Å². The Kier molecular flexibility index (Phi) is 10.5. The molecule has 3 unspecified atom stereocenters. The molecule has 168 valence electrons. The first kappa shape index (κ1) is 25.5. The molecule has 6 nitrogen and oxygen atoms in total. The minimum Gasteiger partial charge on any atom is -0.375 e. The van der Waals surface area contributed by atoms with Gasteiger partial charge in [0.2, 0.25) is 0 Å². The topological polar surface area (TPSA) is 53.0 Å². The van der Waals surface area contributed by atoms with E-state index in [9.17, 15) is 0 Å². The first-order chi connectivity index (χ1) is 14.0. The number of hydrogen-bond donors (Lipinski definition) is 1. The predicted molar refractivity (Wildman–Crippen MR) is 138 cm³/mol. The summed E-state index contributed by atoms with van der Waals surface area (Å²) in [5.74, 6) is 1.49. The molecule has 1 aliphatic rings. The van der Waals surface area contributed by atoms with Crippen molar-refractivity contribution >= 4 is 52.6 Å². The SMILES string of the molecule is CN=C(NCC1CCCN(C)C1c1cccs1)N(C)Cc1csc(C(C)OC)n1.I. The average molecular weight is 564 g/mol. The summed E-state index contributed by atoms with van der Waals surface area (Å²) in [6, 6.07) is 4.91. The number of aliphatic imine (C=N–C) groups is 1. The van der Waals surface area contributed by atoms with Gasteiger partial charge in [0.15, 0.2) is 5.96 Å². The van der Waals surface area contributed by atoms with Gasteiger partial charge in [0.1, 0.15) is 11.1 Å². The number of rotatable bonds is 7. The van der Waals surface area contributed by atoms with E-state index in [4.69, 9.17) is 9.72 Å². The summed E-state index contributed by atoms with van der Waals surface area (Å²) in [5, 5.41) is 8.92. The molecule has 0 radical (unpaired) electrons. The number of aromatic nitrogens is 1. The largest absolute Gasteiger partial charge is 0.375 e. The van der Waals surface area contributed by atoms with E-state index in [1.807, 2.05) is 25.3 Å². The maximum Gasteiger partial charge on any atom is 0.193 e. The van der Waals surface area contributed by atoms with Crippen LogP contribution in [0, 0.1) is 5.92 Å². The number of hydrogen-bond acceptors (Lipinski definition) is 6. The van der Waals surface area contributed by atoms with Crippen LogP contribution < -0.4 is 5.32 Å². The van der Waals surface area contributed by atoms with E-state index in [2.05, 4.69) is 57.1 Å². The second-order valence-electron chi connectivity index (χ2n) is 7.68. The van der Waals surface area contributed by atoms with Crippen LogP contribution in [-0.4, -0.2) is 62.1 Å². The van der Waals surface area contributed by atoms with E-state index in [-0.39, 0.29) is 30.1 Å². The number of thiazole rings is 1. The van der Waals surface area contributed by atoms with Crippen molar-refractivity contribution < 1.29 is 4.74 Å². The quantitative estimate of drug-likeness (QED) is 0.303. The van der Waals surface area contributed by atoms with Gasteiger partial charge in [0.25, 0.3) is 0 Å². The minimum absolute atomic E-state index is 0. The van der Waals surface area contributed by atoms with E-state index in [1.165, 1.54) is 24.3 Å². The lowest BCUT2D eigenvalue weighted by molar-refractivity contribution is 0.119. The molecule has 3 heterocycles. The molecule has 0 aromatic carbocycles. The van der Waals surface area contributed by atoms with Crippen LogP contribution >= 0.6 is 46.7 Å². The standard InChI is InChI=1S/C21H33N5OS2.HI/c1-15(27-5)20-24-17(14-29-20)13-26(4)21(22-2)23-12-16-8-6-10-25(3)19(16)18-9-7-11-28-18;/h7,9,11,14-16,19H,6,8,10,12-13H2,1-5H3,(H,22,23);1H. The molecule has 2 aromatic heterocycles. The summed E-state index contributed by atoms with van der Waals surface area (Å²) in [6.45, 7) is 4.84. The highest BCUT2D eigenvalue weighted by Gasteiger charge is 2.31. The number of likely N-dealkylation sites (tertiary alicyclic amines) is 1. The van der Waals surface area contributed by atoms with Crippen LogP contribution in [0.25, 0.3) is 0 Å². The molecular weight excluding hydrogens is 529 g/mol. The highest BCUT2D eigenvalue weighted by atomic mass is 127. The Morgan fingerprint density at radius 3 is 2.93 bits per heavy atom. The van der Waals surface area contributed by atoms with Crippen LogP contribution in [0.15, 0.2) is 27.9 Å². The Morgan fingerprint density at radius 1 is 1.47 bits per heavy atom.